The molecule has 0 atom stereocenters. The van der Waals surface area contributed by atoms with Crippen molar-refractivity contribution >= 4 is 28.7 Å². The lowest BCUT2D eigenvalue weighted by Gasteiger charge is -2.13. The van der Waals surface area contributed by atoms with Crippen LogP contribution in [0.4, 0.5) is 15.8 Å². The van der Waals surface area contributed by atoms with Crippen molar-refractivity contribution < 1.29 is 4.39 Å². The maximum Gasteiger partial charge on any atom is 0.175 e. The molecule has 2 nitrogen and oxygen atoms in total. The number of anilines is 2. The highest BCUT2D eigenvalue weighted by Crippen LogP contribution is 2.17. The predicted molar refractivity (Wildman–Crippen MR) is 86.8 cm³/mol. The zero-order valence-electron chi connectivity index (χ0n) is 11.5. The summed E-state index contributed by atoms with van der Waals surface area (Å²) in [5.41, 5.74) is 3.56. The molecule has 0 radical (unpaired) electrons. The first-order chi connectivity index (χ1) is 9.60. The average Bonchev–Trinajstić information content (AvgIpc) is 2.43. The quantitative estimate of drug-likeness (QED) is 0.813. The number of aryl methyl sites for hydroxylation is 2. The van der Waals surface area contributed by atoms with Gasteiger partial charge in [0.1, 0.15) is 5.82 Å². The summed E-state index contributed by atoms with van der Waals surface area (Å²) >= 11 is 5.29. The van der Waals surface area contributed by atoms with Gasteiger partial charge >= 0.3 is 0 Å². The lowest BCUT2D eigenvalue weighted by atomic mass is 10.1. The standard InChI is InChI=1S/C16H17FN2S/c1-3-12-6-4-5-7-15(12)19-16(20)18-13-8-9-14(17)11(2)10-13/h4-10H,3H2,1-2H3,(H2,18,19,20). The Morgan fingerprint density at radius 3 is 2.60 bits per heavy atom. The Hall–Kier alpha value is -1.94. The van der Waals surface area contributed by atoms with Crippen LogP contribution in [-0.4, -0.2) is 5.11 Å². The Morgan fingerprint density at radius 2 is 1.90 bits per heavy atom. The molecular formula is C16H17FN2S. The molecule has 0 unspecified atom stereocenters. The van der Waals surface area contributed by atoms with Crippen LogP contribution in [0.1, 0.15) is 18.1 Å². The monoisotopic (exact) mass is 288 g/mol. The van der Waals surface area contributed by atoms with E-state index in [4.69, 9.17) is 12.2 Å². The number of para-hydroxylation sites is 1. The fraction of sp³-hybridized carbons (Fsp3) is 0.188. The Balaban J connectivity index is 2.07. The van der Waals surface area contributed by atoms with E-state index in [-0.39, 0.29) is 5.82 Å². The van der Waals surface area contributed by atoms with Crippen molar-refractivity contribution in [2.24, 2.45) is 0 Å². The van der Waals surface area contributed by atoms with Crippen LogP contribution < -0.4 is 10.6 Å². The molecule has 0 aromatic heterocycles. The molecule has 2 aromatic carbocycles. The number of benzene rings is 2. The molecule has 0 aliphatic rings. The second-order valence-electron chi connectivity index (χ2n) is 4.55. The number of thiocarbonyl (C=S) groups is 1. The molecular weight excluding hydrogens is 271 g/mol. The fourth-order valence-electron chi connectivity index (χ4n) is 1.96. The molecule has 0 spiro atoms. The predicted octanol–water partition coefficient (Wildman–Crippen LogP) is 4.51. The zero-order valence-corrected chi connectivity index (χ0v) is 12.4. The van der Waals surface area contributed by atoms with Crippen LogP contribution in [-0.2, 0) is 6.42 Å². The molecule has 0 bridgehead atoms. The van der Waals surface area contributed by atoms with Crippen LogP contribution in [0.2, 0.25) is 0 Å². The molecule has 20 heavy (non-hydrogen) atoms. The number of rotatable bonds is 3. The molecule has 4 heteroatoms. The van der Waals surface area contributed by atoms with Gasteiger partial charge in [-0.1, -0.05) is 25.1 Å². The number of hydrogen-bond donors (Lipinski definition) is 2. The second-order valence-corrected chi connectivity index (χ2v) is 4.96. The molecule has 2 aromatic rings. The third-order valence-electron chi connectivity index (χ3n) is 3.06. The summed E-state index contributed by atoms with van der Waals surface area (Å²) in [6.07, 6.45) is 0.932. The topological polar surface area (TPSA) is 24.1 Å². The van der Waals surface area contributed by atoms with E-state index < -0.39 is 0 Å². The summed E-state index contributed by atoms with van der Waals surface area (Å²) in [5, 5.41) is 6.73. The van der Waals surface area contributed by atoms with Gasteiger partial charge in [-0.15, -0.1) is 0 Å². The van der Waals surface area contributed by atoms with Crippen LogP contribution in [0.3, 0.4) is 0 Å². The highest BCUT2D eigenvalue weighted by molar-refractivity contribution is 7.80. The van der Waals surface area contributed by atoms with Crippen LogP contribution in [0.15, 0.2) is 42.5 Å². The third kappa shape index (κ3) is 3.54. The van der Waals surface area contributed by atoms with Crippen molar-refractivity contribution in [1.29, 1.82) is 0 Å². The SMILES string of the molecule is CCc1ccccc1NC(=S)Nc1ccc(F)c(C)c1. The van der Waals surface area contributed by atoms with Crippen LogP contribution in [0.5, 0.6) is 0 Å². The fourth-order valence-corrected chi connectivity index (χ4v) is 2.19. The van der Waals surface area contributed by atoms with Crippen molar-refractivity contribution in [2.75, 3.05) is 10.6 Å². The van der Waals surface area contributed by atoms with Gasteiger partial charge in [-0.2, -0.15) is 0 Å². The molecule has 0 heterocycles. The van der Waals surface area contributed by atoms with Crippen LogP contribution in [0, 0.1) is 12.7 Å². The zero-order chi connectivity index (χ0) is 14.5. The lowest BCUT2D eigenvalue weighted by molar-refractivity contribution is 0.619. The molecule has 0 aliphatic heterocycles. The average molecular weight is 288 g/mol. The third-order valence-corrected chi connectivity index (χ3v) is 3.27. The van der Waals surface area contributed by atoms with Crippen LogP contribution >= 0.6 is 12.2 Å². The Bertz CT molecular complexity index is 626. The van der Waals surface area contributed by atoms with Crippen molar-refractivity contribution in [3.63, 3.8) is 0 Å². The normalized spacial score (nSPS) is 10.2. The Morgan fingerprint density at radius 1 is 1.15 bits per heavy atom. The highest BCUT2D eigenvalue weighted by Gasteiger charge is 2.04. The largest absolute Gasteiger partial charge is 0.332 e. The molecule has 0 saturated carbocycles. The van der Waals surface area contributed by atoms with Crippen molar-refractivity contribution in [3.8, 4) is 0 Å². The van der Waals surface area contributed by atoms with E-state index in [1.165, 1.54) is 11.6 Å². The Kier molecular flexibility index (Phi) is 4.69. The number of hydrogen-bond acceptors (Lipinski definition) is 1. The maximum atomic E-state index is 13.2. The maximum absolute atomic E-state index is 13.2. The summed E-state index contributed by atoms with van der Waals surface area (Å²) < 4.78 is 13.2. The van der Waals surface area contributed by atoms with Gasteiger partial charge in [0.2, 0.25) is 0 Å². The van der Waals surface area contributed by atoms with Gasteiger partial charge in [-0.05, 0) is 61.0 Å². The van der Waals surface area contributed by atoms with Gasteiger partial charge in [0, 0.05) is 11.4 Å². The van der Waals surface area contributed by atoms with E-state index in [1.54, 1.807) is 19.1 Å². The van der Waals surface area contributed by atoms with Crippen LogP contribution in [0.25, 0.3) is 0 Å². The van der Waals surface area contributed by atoms with Gasteiger partial charge in [-0.3, -0.25) is 0 Å². The summed E-state index contributed by atoms with van der Waals surface area (Å²) in [6, 6.07) is 12.9. The molecule has 0 fully saturated rings. The van der Waals surface area contributed by atoms with Crippen molar-refractivity contribution in [3.05, 3.63) is 59.4 Å². The van der Waals surface area contributed by atoms with E-state index >= 15 is 0 Å². The first-order valence-electron chi connectivity index (χ1n) is 6.52. The Labute approximate surface area is 124 Å². The number of halogens is 1. The molecule has 0 aliphatic carbocycles. The minimum Gasteiger partial charge on any atom is -0.332 e. The minimum absolute atomic E-state index is 0.217. The highest BCUT2D eigenvalue weighted by atomic mass is 32.1. The van der Waals surface area contributed by atoms with Gasteiger partial charge in [0.25, 0.3) is 0 Å². The summed E-state index contributed by atoms with van der Waals surface area (Å²) in [7, 11) is 0. The summed E-state index contributed by atoms with van der Waals surface area (Å²) in [4.78, 5) is 0. The van der Waals surface area contributed by atoms with Gasteiger partial charge in [-0.25, -0.2) is 4.39 Å². The molecule has 2 N–H and O–H groups in total. The minimum atomic E-state index is -0.217. The second kappa shape index (κ2) is 6.48. The molecule has 104 valence electrons. The molecule has 0 saturated heterocycles. The van der Waals surface area contributed by atoms with E-state index in [9.17, 15) is 4.39 Å². The van der Waals surface area contributed by atoms with Crippen molar-refractivity contribution in [1.82, 2.24) is 0 Å². The van der Waals surface area contributed by atoms with Gasteiger partial charge in [0.15, 0.2) is 5.11 Å². The first-order valence-corrected chi connectivity index (χ1v) is 6.93. The van der Waals surface area contributed by atoms with E-state index in [2.05, 4.69) is 23.6 Å². The van der Waals surface area contributed by atoms with E-state index in [0.717, 1.165) is 17.8 Å². The number of nitrogens with one attached hydrogen (secondary N) is 2. The first kappa shape index (κ1) is 14.5. The van der Waals surface area contributed by atoms with E-state index in [1.807, 2.05) is 18.2 Å². The van der Waals surface area contributed by atoms with Crippen molar-refractivity contribution in [2.45, 2.75) is 20.3 Å². The molecule has 0 amide bonds. The smallest absolute Gasteiger partial charge is 0.175 e. The molecule has 2 rings (SSSR count). The summed E-state index contributed by atoms with van der Waals surface area (Å²) in [5.74, 6) is -0.217. The lowest BCUT2D eigenvalue weighted by Crippen LogP contribution is -2.20. The van der Waals surface area contributed by atoms with Gasteiger partial charge in [0.05, 0.1) is 0 Å². The van der Waals surface area contributed by atoms with Gasteiger partial charge < -0.3 is 10.6 Å². The van der Waals surface area contributed by atoms with E-state index in [0.29, 0.717) is 10.7 Å². The summed E-state index contributed by atoms with van der Waals surface area (Å²) in [6.45, 7) is 3.82.